The molecule has 6 heteroatoms. The van der Waals surface area contributed by atoms with Crippen LogP contribution in [-0.4, -0.2) is 17.4 Å². The van der Waals surface area contributed by atoms with Gasteiger partial charge in [0.05, 0.1) is 16.8 Å². The van der Waals surface area contributed by atoms with E-state index in [2.05, 4.69) is 10.3 Å². The average Bonchev–Trinajstić information content (AvgIpc) is 2.41. The SMILES string of the molecule is CCNC(=O)c1cc(N)ccc1Oc1cncc(Cl)c1. The molecule has 2 aromatic rings. The number of hydrogen-bond acceptors (Lipinski definition) is 4. The van der Waals surface area contributed by atoms with Crippen molar-refractivity contribution in [3.8, 4) is 11.5 Å². The van der Waals surface area contributed by atoms with Gasteiger partial charge in [-0.05, 0) is 25.1 Å². The Hall–Kier alpha value is -2.27. The quantitative estimate of drug-likeness (QED) is 0.849. The van der Waals surface area contributed by atoms with Gasteiger partial charge in [-0.25, -0.2) is 0 Å². The van der Waals surface area contributed by atoms with Gasteiger partial charge in [0.25, 0.3) is 5.91 Å². The Balaban J connectivity index is 2.33. The van der Waals surface area contributed by atoms with Crippen molar-refractivity contribution in [3.05, 3.63) is 47.2 Å². The molecular formula is C14H14ClN3O2. The van der Waals surface area contributed by atoms with Crippen molar-refractivity contribution in [3.63, 3.8) is 0 Å². The highest BCUT2D eigenvalue weighted by atomic mass is 35.5. The number of aromatic nitrogens is 1. The lowest BCUT2D eigenvalue weighted by Crippen LogP contribution is -2.23. The molecule has 0 saturated heterocycles. The molecule has 1 heterocycles. The molecule has 0 bridgehead atoms. The monoisotopic (exact) mass is 291 g/mol. The van der Waals surface area contributed by atoms with Gasteiger partial charge in [0.15, 0.2) is 0 Å². The van der Waals surface area contributed by atoms with Crippen LogP contribution in [0.2, 0.25) is 5.02 Å². The summed E-state index contributed by atoms with van der Waals surface area (Å²) in [5.41, 5.74) is 6.57. The summed E-state index contributed by atoms with van der Waals surface area (Å²) < 4.78 is 5.65. The first-order valence-corrected chi connectivity index (χ1v) is 6.44. The minimum atomic E-state index is -0.246. The minimum Gasteiger partial charge on any atom is -0.455 e. The maximum absolute atomic E-state index is 12.0. The van der Waals surface area contributed by atoms with E-state index >= 15 is 0 Å². The summed E-state index contributed by atoms with van der Waals surface area (Å²) in [6, 6.07) is 6.49. The Morgan fingerprint density at radius 2 is 2.20 bits per heavy atom. The molecule has 0 unspecified atom stereocenters. The lowest BCUT2D eigenvalue weighted by Gasteiger charge is -2.11. The molecule has 5 nitrogen and oxygen atoms in total. The van der Waals surface area contributed by atoms with Gasteiger partial charge >= 0.3 is 0 Å². The summed E-state index contributed by atoms with van der Waals surface area (Å²) >= 11 is 5.85. The van der Waals surface area contributed by atoms with Crippen molar-refractivity contribution in [2.45, 2.75) is 6.92 Å². The fourth-order valence-electron chi connectivity index (χ4n) is 1.64. The van der Waals surface area contributed by atoms with Crippen molar-refractivity contribution in [1.82, 2.24) is 10.3 Å². The lowest BCUT2D eigenvalue weighted by atomic mass is 10.1. The summed E-state index contributed by atoms with van der Waals surface area (Å²) in [5, 5.41) is 3.17. The Morgan fingerprint density at radius 3 is 2.90 bits per heavy atom. The van der Waals surface area contributed by atoms with Gasteiger partial charge in [-0.3, -0.25) is 9.78 Å². The standard InChI is InChI=1S/C14H14ClN3O2/c1-2-18-14(19)12-6-10(16)3-4-13(12)20-11-5-9(15)7-17-8-11/h3-8H,2,16H2,1H3,(H,18,19). The predicted molar refractivity (Wildman–Crippen MR) is 78.2 cm³/mol. The van der Waals surface area contributed by atoms with E-state index in [4.69, 9.17) is 22.1 Å². The van der Waals surface area contributed by atoms with Gasteiger partial charge in [-0.2, -0.15) is 0 Å². The second-order valence-corrected chi connectivity index (χ2v) is 4.49. The van der Waals surface area contributed by atoms with E-state index in [9.17, 15) is 4.79 Å². The summed E-state index contributed by atoms with van der Waals surface area (Å²) in [6.07, 6.45) is 3.02. The molecule has 0 aliphatic rings. The molecule has 20 heavy (non-hydrogen) atoms. The maximum atomic E-state index is 12.0. The van der Waals surface area contributed by atoms with E-state index in [1.807, 2.05) is 6.92 Å². The average molecular weight is 292 g/mol. The molecule has 1 aromatic heterocycles. The second kappa shape index (κ2) is 6.25. The number of ether oxygens (including phenoxy) is 1. The molecule has 0 saturated carbocycles. The number of nitrogen functional groups attached to an aromatic ring is 1. The Bertz CT molecular complexity index is 632. The first kappa shape index (κ1) is 14.1. The molecule has 3 N–H and O–H groups in total. The number of nitrogens with one attached hydrogen (secondary N) is 1. The predicted octanol–water partition coefficient (Wildman–Crippen LogP) is 2.86. The van der Waals surface area contributed by atoms with Crippen molar-refractivity contribution in [1.29, 1.82) is 0 Å². The minimum absolute atomic E-state index is 0.246. The van der Waals surface area contributed by atoms with Gasteiger partial charge in [0.1, 0.15) is 11.5 Å². The van der Waals surface area contributed by atoms with Crippen LogP contribution in [0.5, 0.6) is 11.5 Å². The third kappa shape index (κ3) is 3.39. The second-order valence-electron chi connectivity index (χ2n) is 4.06. The molecule has 1 aromatic carbocycles. The van der Waals surface area contributed by atoms with Gasteiger partial charge in [0, 0.05) is 24.5 Å². The molecule has 0 radical (unpaired) electrons. The van der Waals surface area contributed by atoms with E-state index in [0.29, 0.717) is 34.3 Å². The summed E-state index contributed by atoms with van der Waals surface area (Å²) in [5.74, 6) is 0.604. The number of nitrogens with zero attached hydrogens (tertiary/aromatic N) is 1. The number of anilines is 1. The molecule has 1 amide bonds. The van der Waals surface area contributed by atoms with Gasteiger partial charge < -0.3 is 15.8 Å². The Morgan fingerprint density at radius 1 is 1.40 bits per heavy atom. The van der Waals surface area contributed by atoms with Crippen molar-refractivity contribution < 1.29 is 9.53 Å². The first-order valence-electron chi connectivity index (χ1n) is 6.06. The number of amides is 1. The molecule has 2 rings (SSSR count). The highest BCUT2D eigenvalue weighted by Gasteiger charge is 2.13. The maximum Gasteiger partial charge on any atom is 0.255 e. The number of carbonyl (C=O) groups is 1. The van der Waals surface area contributed by atoms with Crippen LogP contribution in [0.25, 0.3) is 0 Å². The zero-order valence-electron chi connectivity index (χ0n) is 10.9. The van der Waals surface area contributed by atoms with Crippen LogP contribution in [0.1, 0.15) is 17.3 Å². The third-order valence-electron chi connectivity index (χ3n) is 2.49. The number of benzene rings is 1. The van der Waals surface area contributed by atoms with Crippen molar-refractivity contribution >= 4 is 23.2 Å². The third-order valence-corrected chi connectivity index (χ3v) is 2.70. The van der Waals surface area contributed by atoms with E-state index in [1.165, 1.54) is 12.4 Å². The van der Waals surface area contributed by atoms with Crippen molar-refractivity contribution in [2.24, 2.45) is 0 Å². The normalized spacial score (nSPS) is 10.1. The highest BCUT2D eigenvalue weighted by Crippen LogP contribution is 2.28. The zero-order chi connectivity index (χ0) is 14.5. The first-order chi connectivity index (χ1) is 9.60. The van der Waals surface area contributed by atoms with Gasteiger partial charge in [0.2, 0.25) is 0 Å². The van der Waals surface area contributed by atoms with Crippen LogP contribution in [0.4, 0.5) is 5.69 Å². The van der Waals surface area contributed by atoms with Gasteiger partial charge in [-0.1, -0.05) is 11.6 Å². The molecule has 0 spiro atoms. The zero-order valence-corrected chi connectivity index (χ0v) is 11.6. The number of carbonyl (C=O) groups excluding carboxylic acids is 1. The largest absolute Gasteiger partial charge is 0.455 e. The summed E-state index contributed by atoms with van der Waals surface area (Å²) in [4.78, 5) is 15.9. The van der Waals surface area contributed by atoms with E-state index < -0.39 is 0 Å². The molecule has 0 atom stereocenters. The van der Waals surface area contributed by atoms with Crippen LogP contribution in [-0.2, 0) is 0 Å². The summed E-state index contributed by atoms with van der Waals surface area (Å²) in [7, 11) is 0. The number of nitrogens with two attached hydrogens (primary N) is 1. The fraction of sp³-hybridized carbons (Fsp3) is 0.143. The molecule has 0 aliphatic heterocycles. The van der Waals surface area contributed by atoms with Crippen LogP contribution in [0.15, 0.2) is 36.7 Å². The van der Waals surface area contributed by atoms with E-state index in [-0.39, 0.29) is 5.91 Å². The lowest BCUT2D eigenvalue weighted by molar-refractivity contribution is 0.0953. The van der Waals surface area contributed by atoms with Crippen LogP contribution in [0.3, 0.4) is 0 Å². The molecule has 0 fully saturated rings. The Kier molecular flexibility index (Phi) is 4.42. The van der Waals surface area contributed by atoms with Crippen LogP contribution in [0, 0.1) is 0 Å². The molecule has 0 aliphatic carbocycles. The highest BCUT2D eigenvalue weighted by molar-refractivity contribution is 6.30. The van der Waals surface area contributed by atoms with Crippen molar-refractivity contribution in [2.75, 3.05) is 12.3 Å². The number of halogens is 1. The number of pyridine rings is 1. The fourth-order valence-corrected chi connectivity index (χ4v) is 1.81. The number of rotatable bonds is 4. The molecular weight excluding hydrogens is 278 g/mol. The van der Waals surface area contributed by atoms with Crippen LogP contribution >= 0.6 is 11.6 Å². The molecule has 104 valence electrons. The van der Waals surface area contributed by atoms with E-state index in [0.717, 1.165) is 0 Å². The summed E-state index contributed by atoms with van der Waals surface area (Å²) in [6.45, 7) is 2.36. The van der Waals surface area contributed by atoms with Gasteiger partial charge in [-0.15, -0.1) is 0 Å². The smallest absolute Gasteiger partial charge is 0.255 e. The van der Waals surface area contributed by atoms with Crippen LogP contribution < -0.4 is 15.8 Å². The number of hydrogen-bond donors (Lipinski definition) is 2. The Labute approximate surface area is 121 Å². The van der Waals surface area contributed by atoms with E-state index in [1.54, 1.807) is 24.3 Å². The topological polar surface area (TPSA) is 77.2 Å².